The van der Waals surface area contributed by atoms with Crippen LogP contribution < -0.4 is 4.74 Å². The zero-order valence-electron chi connectivity index (χ0n) is 17.8. The molecule has 0 radical (unpaired) electrons. The van der Waals surface area contributed by atoms with Gasteiger partial charge in [0.25, 0.3) is 0 Å². The molecule has 0 spiro atoms. The minimum Gasteiger partial charge on any atom is -0.491 e. The molecule has 5 rings (SSSR count). The number of hydrogen-bond donors (Lipinski definition) is 0. The summed E-state index contributed by atoms with van der Waals surface area (Å²) in [5.41, 5.74) is 1.63. The normalized spacial score (nSPS) is 18.7. The first-order chi connectivity index (χ1) is 15.6. The molecule has 1 fully saturated rings. The lowest BCUT2D eigenvalue weighted by Gasteiger charge is -2.16. The largest absolute Gasteiger partial charge is 0.491 e. The van der Waals surface area contributed by atoms with Crippen LogP contribution in [0, 0.1) is 0 Å². The van der Waals surface area contributed by atoms with Crippen LogP contribution in [0.4, 0.5) is 5.82 Å². The van der Waals surface area contributed by atoms with Crippen molar-refractivity contribution in [3.05, 3.63) is 54.1 Å². The second-order valence-corrected chi connectivity index (χ2v) is 8.34. The summed E-state index contributed by atoms with van der Waals surface area (Å²) in [5.74, 6) is 1.40. The number of pyridine rings is 1. The molecule has 0 N–H and O–H groups in total. The molecule has 4 aromatic rings. The number of nitrogens with zero attached hydrogens (tertiary/aromatic N) is 6. The highest BCUT2D eigenvalue weighted by molar-refractivity contribution is 6.29. The number of aliphatic imine (C=N–C) groups is 1. The molecule has 1 aromatic carbocycles. The van der Waals surface area contributed by atoms with Crippen molar-refractivity contribution < 1.29 is 9.47 Å². The fourth-order valence-corrected chi connectivity index (χ4v) is 3.98. The Morgan fingerprint density at radius 2 is 2.09 bits per heavy atom. The van der Waals surface area contributed by atoms with Gasteiger partial charge in [0.1, 0.15) is 35.7 Å². The molecule has 2 unspecified atom stereocenters. The number of benzene rings is 1. The lowest BCUT2D eigenvalue weighted by atomic mass is 10.2. The van der Waals surface area contributed by atoms with Gasteiger partial charge >= 0.3 is 0 Å². The third-order valence-electron chi connectivity index (χ3n) is 5.36. The zero-order valence-corrected chi connectivity index (χ0v) is 18.6. The first-order valence-electron chi connectivity index (χ1n) is 10.4. The number of halogens is 1. The van der Waals surface area contributed by atoms with E-state index in [1.54, 1.807) is 12.4 Å². The highest BCUT2D eigenvalue weighted by Gasteiger charge is 2.28. The number of ether oxygens (including phenoxy) is 2. The average molecular weight is 451 g/mol. The molecule has 0 aliphatic carbocycles. The third-order valence-corrected chi connectivity index (χ3v) is 5.57. The Morgan fingerprint density at radius 3 is 2.97 bits per heavy atom. The zero-order chi connectivity index (χ0) is 22.1. The summed E-state index contributed by atoms with van der Waals surface area (Å²) in [4.78, 5) is 19.4. The van der Waals surface area contributed by atoms with E-state index < -0.39 is 0 Å². The second kappa shape index (κ2) is 8.72. The molecule has 32 heavy (non-hydrogen) atoms. The van der Waals surface area contributed by atoms with Gasteiger partial charge in [-0.1, -0.05) is 11.6 Å². The summed E-state index contributed by atoms with van der Waals surface area (Å²) >= 11 is 6.01. The SMILES string of the molecule is CN(C)/C=N/c1ncnc2c1ccn2C1CCC(COc2ccc3ccc(Cl)nc3c2)O1. The Balaban J connectivity index is 1.27. The molecule has 1 saturated heterocycles. The molecule has 8 nitrogen and oxygen atoms in total. The maximum atomic E-state index is 6.27. The predicted molar refractivity (Wildman–Crippen MR) is 125 cm³/mol. The van der Waals surface area contributed by atoms with E-state index in [9.17, 15) is 0 Å². The van der Waals surface area contributed by atoms with Crippen molar-refractivity contribution in [2.75, 3.05) is 20.7 Å². The van der Waals surface area contributed by atoms with E-state index in [4.69, 9.17) is 21.1 Å². The van der Waals surface area contributed by atoms with Crippen molar-refractivity contribution in [1.82, 2.24) is 24.4 Å². The van der Waals surface area contributed by atoms with E-state index in [0.29, 0.717) is 17.6 Å². The molecule has 2 atom stereocenters. The van der Waals surface area contributed by atoms with E-state index in [-0.39, 0.29) is 12.3 Å². The van der Waals surface area contributed by atoms with Gasteiger partial charge in [-0.25, -0.2) is 19.9 Å². The van der Waals surface area contributed by atoms with Crippen LogP contribution in [0.2, 0.25) is 5.15 Å². The first kappa shape index (κ1) is 20.7. The van der Waals surface area contributed by atoms with E-state index in [0.717, 1.165) is 40.5 Å². The van der Waals surface area contributed by atoms with Crippen molar-refractivity contribution in [3.8, 4) is 5.75 Å². The fourth-order valence-electron chi connectivity index (χ4n) is 3.83. The quantitative estimate of drug-likeness (QED) is 0.242. The molecular weight excluding hydrogens is 428 g/mol. The Labute approximate surface area is 190 Å². The van der Waals surface area contributed by atoms with Crippen molar-refractivity contribution in [3.63, 3.8) is 0 Å². The second-order valence-electron chi connectivity index (χ2n) is 7.96. The fraction of sp³-hybridized carbons (Fsp3) is 0.304. The number of fused-ring (bicyclic) bond motifs is 2. The predicted octanol–water partition coefficient (Wildman–Crippen LogP) is 4.61. The van der Waals surface area contributed by atoms with Crippen LogP contribution in [-0.4, -0.2) is 57.6 Å². The smallest absolute Gasteiger partial charge is 0.166 e. The van der Waals surface area contributed by atoms with Crippen LogP contribution in [0.3, 0.4) is 0 Å². The molecule has 1 aliphatic heterocycles. The highest BCUT2D eigenvalue weighted by atomic mass is 35.5. The minimum atomic E-state index is -0.0984. The van der Waals surface area contributed by atoms with E-state index >= 15 is 0 Å². The van der Waals surface area contributed by atoms with Gasteiger partial charge in [0, 0.05) is 31.7 Å². The topological polar surface area (TPSA) is 77.7 Å². The van der Waals surface area contributed by atoms with Crippen LogP contribution in [0.25, 0.3) is 21.9 Å². The molecular formula is C23H23ClN6O2. The third kappa shape index (κ3) is 4.24. The average Bonchev–Trinajstić information content (AvgIpc) is 3.43. The van der Waals surface area contributed by atoms with Gasteiger partial charge in [0.2, 0.25) is 0 Å². The van der Waals surface area contributed by atoms with Crippen molar-refractivity contribution >= 4 is 45.7 Å². The maximum Gasteiger partial charge on any atom is 0.166 e. The summed E-state index contributed by atoms with van der Waals surface area (Å²) in [6.07, 6.45) is 6.94. The van der Waals surface area contributed by atoms with Gasteiger partial charge in [-0.15, -0.1) is 0 Å². The lowest BCUT2D eigenvalue weighted by molar-refractivity contribution is -0.0156. The molecule has 0 amide bonds. The van der Waals surface area contributed by atoms with Crippen LogP contribution >= 0.6 is 11.6 Å². The summed E-state index contributed by atoms with van der Waals surface area (Å²) in [7, 11) is 3.84. The summed E-state index contributed by atoms with van der Waals surface area (Å²) in [5, 5.41) is 2.39. The molecule has 3 aromatic heterocycles. The van der Waals surface area contributed by atoms with E-state index in [2.05, 4.69) is 19.9 Å². The molecule has 0 bridgehead atoms. The maximum absolute atomic E-state index is 6.27. The Bertz CT molecular complexity index is 1290. The number of rotatable bonds is 6. The number of aromatic nitrogens is 4. The van der Waals surface area contributed by atoms with Crippen LogP contribution in [0.5, 0.6) is 5.75 Å². The van der Waals surface area contributed by atoms with E-state index in [1.165, 1.54) is 6.33 Å². The van der Waals surface area contributed by atoms with Crippen LogP contribution in [0.1, 0.15) is 19.1 Å². The number of hydrogen-bond acceptors (Lipinski definition) is 6. The van der Waals surface area contributed by atoms with Gasteiger partial charge in [0.15, 0.2) is 5.82 Å². The molecule has 0 saturated carbocycles. The van der Waals surface area contributed by atoms with Crippen molar-refractivity contribution in [2.24, 2.45) is 4.99 Å². The van der Waals surface area contributed by atoms with E-state index in [1.807, 2.05) is 60.1 Å². The first-order valence-corrected chi connectivity index (χ1v) is 10.8. The van der Waals surface area contributed by atoms with Crippen LogP contribution in [-0.2, 0) is 4.74 Å². The minimum absolute atomic E-state index is 0.00598. The van der Waals surface area contributed by atoms with Gasteiger partial charge in [-0.05, 0) is 43.2 Å². The van der Waals surface area contributed by atoms with Gasteiger partial charge < -0.3 is 18.9 Å². The van der Waals surface area contributed by atoms with Crippen molar-refractivity contribution in [2.45, 2.75) is 25.2 Å². The lowest BCUT2D eigenvalue weighted by Crippen LogP contribution is -2.18. The van der Waals surface area contributed by atoms with Crippen LogP contribution in [0.15, 0.2) is 53.9 Å². The van der Waals surface area contributed by atoms with Gasteiger partial charge in [0.05, 0.1) is 23.3 Å². The monoisotopic (exact) mass is 450 g/mol. The molecule has 164 valence electrons. The Hall–Kier alpha value is -3.23. The Morgan fingerprint density at radius 1 is 1.22 bits per heavy atom. The standard InChI is InChI=1S/C23H23ClN6O2/c1-29(2)14-27-22-18-9-10-30(23(18)26-13-25-22)21-8-6-17(32-21)12-31-16-5-3-15-4-7-20(24)28-19(15)11-16/h3-5,7,9-11,13-14,17,21H,6,8,12H2,1-2H3/b27-14+. The van der Waals surface area contributed by atoms with Gasteiger partial charge in [-0.3, -0.25) is 0 Å². The molecule has 1 aliphatic rings. The van der Waals surface area contributed by atoms with Gasteiger partial charge in [-0.2, -0.15) is 0 Å². The molecule has 4 heterocycles. The summed E-state index contributed by atoms with van der Waals surface area (Å²) in [6.45, 7) is 0.467. The highest BCUT2D eigenvalue weighted by Crippen LogP contribution is 2.33. The van der Waals surface area contributed by atoms with Crippen molar-refractivity contribution in [1.29, 1.82) is 0 Å². The Kier molecular flexibility index (Phi) is 5.63. The summed E-state index contributed by atoms with van der Waals surface area (Å²) < 4.78 is 14.3. The summed E-state index contributed by atoms with van der Waals surface area (Å²) in [6, 6.07) is 11.5. The molecule has 9 heteroatoms.